The first-order valence-corrected chi connectivity index (χ1v) is 16.0. The van der Waals surface area contributed by atoms with Crippen molar-refractivity contribution in [1.82, 2.24) is 19.5 Å². The monoisotopic (exact) mass is 665 g/mol. The number of nitrogens with two attached hydrogens (primary N) is 1. The van der Waals surface area contributed by atoms with Gasteiger partial charge in [-0.05, 0) is 13.0 Å². The van der Waals surface area contributed by atoms with Crippen molar-refractivity contribution in [3.63, 3.8) is 0 Å². The minimum atomic E-state index is -5.35. The van der Waals surface area contributed by atoms with Crippen LogP contribution in [0.5, 0.6) is 0 Å². The fourth-order valence-electron chi connectivity index (χ4n) is 4.70. The molecule has 0 saturated carbocycles. The molecule has 5 heterocycles. The summed E-state index contributed by atoms with van der Waals surface area (Å²) in [7, 11) is -10.7. The summed E-state index contributed by atoms with van der Waals surface area (Å²) in [6, 6.07) is 3.20. The molecule has 3 aromatic heterocycles. The van der Waals surface area contributed by atoms with Crippen LogP contribution in [-0.4, -0.2) is 105 Å². The molecule has 5 rings (SSSR count). The lowest BCUT2D eigenvalue weighted by molar-refractivity contribution is -0.766. The molecule has 0 aromatic carbocycles. The molecule has 3 aromatic rings. The van der Waals surface area contributed by atoms with Crippen LogP contribution in [0.2, 0.25) is 0 Å². The fourth-order valence-corrected chi connectivity index (χ4v) is 6.79. The van der Waals surface area contributed by atoms with Crippen molar-refractivity contribution in [3.05, 3.63) is 42.7 Å². The number of nitrogens with zero attached hydrogens (tertiary/aromatic N) is 5. The molecule has 0 spiro atoms. The highest BCUT2D eigenvalue weighted by molar-refractivity contribution is 7.61. The summed E-state index contributed by atoms with van der Waals surface area (Å²) in [5, 5.41) is 51.5. The van der Waals surface area contributed by atoms with Gasteiger partial charge in [0.25, 0.3) is 6.23 Å². The molecule has 2 saturated heterocycles. The number of fused-ring (bicyclic) bond motifs is 1. The van der Waals surface area contributed by atoms with Gasteiger partial charge < -0.3 is 50.5 Å². The van der Waals surface area contributed by atoms with Crippen molar-refractivity contribution in [3.8, 4) is 0 Å². The molecule has 2 fully saturated rings. The van der Waals surface area contributed by atoms with Crippen LogP contribution in [0.25, 0.3) is 11.2 Å². The van der Waals surface area contributed by atoms with Gasteiger partial charge in [0.1, 0.15) is 42.4 Å². The van der Waals surface area contributed by atoms with Crippen LogP contribution in [-0.2, 0) is 32.0 Å². The summed E-state index contributed by atoms with van der Waals surface area (Å²) in [5.41, 5.74) is 6.61. The number of hydrogen-bond acceptors (Lipinski definition) is 16. The van der Waals surface area contributed by atoms with E-state index in [0.29, 0.717) is 5.56 Å². The second-order valence-corrected chi connectivity index (χ2v) is 13.1. The number of nitrogen functional groups attached to an aromatic ring is 1. The minimum Gasteiger partial charge on any atom is -0.388 e. The summed E-state index contributed by atoms with van der Waals surface area (Å²) >= 11 is 0. The number of phosphoric ester groups is 2. The average molecular weight is 665 g/mol. The van der Waals surface area contributed by atoms with Gasteiger partial charge in [0.05, 0.1) is 25.6 Å². The number of aromatic nitrogens is 5. The van der Waals surface area contributed by atoms with Gasteiger partial charge in [-0.3, -0.25) is 13.6 Å². The highest BCUT2D eigenvalue weighted by Gasteiger charge is 2.50. The van der Waals surface area contributed by atoms with Gasteiger partial charge in [-0.1, -0.05) is 0 Å². The first-order chi connectivity index (χ1) is 20.7. The van der Waals surface area contributed by atoms with Crippen molar-refractivity contribution in [2.24, 2.45) is 0 Å². The standard InChI is InChI=1S/C22H30N6O14P2/c1-10(29)11-3-2-4-27(5-11)21-17(32)15(30)12(40-21)6-38-43(34,35)42-44(36,37)39-7-13-16(31)18(33)22(41-13)28-9-26-14-19(23)24-8-25-20(14)28/h2-5,8-10,12-13,15-18,21-22,29-33H,6-7H2,1H3,(H3-,23,24,25,34,35,36,37)/p+1/t10?,12-,13-,15-,16-,17-,18-,21-,22-/m1/s1. The number of ether oxygens (including phenoxy) is 2. The van der Waals surface area contributed by atoms with Gasteiger partial charge in [0.2, 0.25) is 0 Å². The van der Waals surface area contributed by atoms with Gasteiger partial charge in [-0.2, -0.15) is 8.88 Å². The quantitative estimate of drug-likeness (QED) is 0.0806. The molecule has 242 valence electrons. The van der Waals surface area contributed by atoms with Gasteiger partial charge in [-0.15, -0.1) is 0 Å². The third-order valence-electron chi connectivity index (χ3n) is 6.97. The van der Waals surface area contributed by atoms with Gasteiger partial charge in [0, 0.05) is 11.6 Å². The normalized spacial score (nSPS) is 32.5. The van der Waals surface area contributed by atoms with E-state index in [-0.39, 0.29) is 17.0 Å². The lowest BCUT2D eigenvalue weighted by atomic mass is 10.1. The summed E-state index contributed by atoms with van der Waals surface area (Å²) in [6.07, 6.45) is -7.02. The van der Waals surface area contributed by atoms with Crippen LogP contribution in [0.3, 0.4) is 0 Å². The van der Waals surface area contributed by atoms with Crippen LogP contribution >= 0.6 is 15.6 Å². The summed E-state index contributed by atoms with van der Waals surface area (Å²) in [4.78, 5) is 31.9. The number of aliphatic hydroxyl groups excluding tert-OH is 5. The van der Waals surface area contributed by atoms with Crippen molar-refractivity contribution >= 4 is 32.6 Å². The van der Waals surface area contributed by atoms with E-state index in [2.05, 4.69) is 19.3 Å². The summed E-state index contributed by atoms with van der Waals surface area (Å²) < 4.78 is 52.4. The maximum atomic E-state index is 12.4. The first kappa shape index (κ1) is 32.9. The number of phosphoric acid groups is 2. The van der Waals surface area contributed by atoms with E-state index < -0.39 is 84.0 Å². The molecule has 9 N–H and O–H groups in total. The van der Waals surface area contributed by atoms with E-state index in [1.165, 1.54) is 34.8 Å². The molecule has 20 nitrogen and oxygen atoms in total. The molecular weight excluding hydrogens is 634 g/mol. The third-order valence-corrected chi connectivity index (χ3v) is 9.57. The van der Waals surface area contributed by atoms with Crippen molar-refractivity contribution in [1.29, 1.82) is 0 Å². The van der Waals surface area contributed by atoms with E-state index in [4.69, 9.17) is 24.3 Å². The molecule has 0 bridgehead atoms. The molecule has 22 heteroatoms. The Kier molecular flexibility index (Phi) is 9.49. The van der Waals surface area contributed by atoms with Crippen molar-refractivity contribution in [2.75, 3.05) is 18.9 Å². The molecule has 0 radical (unpaired) electrons. The predicted octanol–water partition coefficient (Wildman–Crippen LogP) is -2.06. The van der Waals surface area contributed by atoms with Crippen LogP contribution in [0, 0.1) is 0 Å². The Morgan fingerprint density at radius 1 is 1.00 bits per heavy atom. The van der Waals surface area contributed by atoms with Gasteiger partial charge in [0.15, 0.2) is 36.2 Å². The smallest absolute Gasteiger partial charge is 0.388 e. The Morgan fingerprint density at radius 3 is 2.30 bits per heavy atom. The van der Waals surface area contributed by atoms with Crippen LogP contribution in [0.1, 0.15) is 31.0 Å². The van der Waals surface area contributed by atoms with E-state index in [0.717, 1.165) is 6.33 Å². The number of imidazole rings is 1. The van der Waals surface area contributed by atoms with Crippen LogP contribution in [0.4, 0.5) is 5.82 Å². The zero-order chi connectivity index (χ0) is 32.0. The molecule has 11 atom stereocenters. The molecular formula is C22H31N6O14P2+. The highest BCUT2D eigenvalue weighted by Crippen LogP contribution is 2.60. The SMILES string of the molecule is CC(O)c1ccc[n+]([C@@H]2O[C@H](COP(=O)(O)OP(=O)(O)OC[C@H]3O[C@@H](n4cnc5c(N)ncnc54)[C@H](O)[C@@H]3O)[C@@H](O)[C@H]2O)c1. The first-order valence-electron chi connectivity index (χ1n) is 13.0. The number of aliphatic hydroxyl groups is 5. The highest BCUT2D eigenvalue weighted by atomic mass is 31.3. The Morgan fingerprint density at radius 2 is 1.64 bits per heavy atom. The number of rotatable bonds is 11. The maximum Gasteiger partial charge on any atom is 0.481 e. The Bertz CT molecular complexity index is 1580. The third kappa shape index (κ3) is 6.84. The number of hydrogen-bond donors (Lipinski definition) is 8. The van der Waals surface area contributed by atoms with E-state index in [9.17, 15) is 44.4 Å². The summed E-state index contributed by atoms with van der Waals surface area (Å²) in [5.74, 6) is 0.0575. The Balaban J connectivity index is 1.16. The molecule has 2 aliphatic heterocycles. The second kappa shape index (κ2) is 12.7. The van der Waals surface area contributed by atoms with Gasteiger partial charge in [-0.25, -0.2) is 24.1 Å². The maximum absolute atomic E-state index is 12.4. The van der Waals surface area contributed by atoms with Crippen molar-refractivity contribution in [2.45, 2.75) is 62.1 Å². The van der Waals surface area contributed by atoms with Crippen molar-refractivity contribution < 1.29 is 71.8 Å². The molecule has 0 amide bonds. The average Bonchev–Trinajstić information content (AvgIpc) is 3.61. The minimum absolute atomic E-state index is 0.0575. The molecule has 44 heavy (non-hydrogen) atoms. The fraction of sp³-hybridized carbons (Fsp3) is 0.545. The predicted molar refractivity (Wildman–Crippen MR) is 141 cm³/mol. The van der Waals surface area contributed by atoms with E-state index in [1.807, 2.05) is 0 Å². The number of pyridine rings is 1. The largest absolute Gasteiger partial charge is 0.481 e. The zero-order valence-corrected chi connectivity index (χ0v) is 24.6. The zero-order valence-electron chi connectivity index (χ0n) is 22.8. The summed E-state index contributed by atoms with van der Waals surface area (Å²) in [6.45, 7) is -0.212. The molecule has 2 aliphatic rings. The van der Waals surface area contributed by atoms with Gasteiger partial charge >= 0.3 is 15.6 Å². The Labute approximate surface area is 248 Å². The number of anilines is 1. The molecule has 0 aliphatic carbocycles. The van der Waals surface area contributed by atoms with Crippen LogP contribution in [0.15, 0.2) is 37.2 Å². The Hall–Kier alpha value is -2.52. The van der Waals surface area contributed by atoms with E-state index in [1.54, 1.807) is 12.1 Å². The second-order valence-electron chi connectivity index (χ2n) is 10.0. The molecule has 3 unspecified atom stereocenters. The van der Waals surface area contributed by atoms with E-state index >= 15 is 0 Å². The lowest BCUT2D eigenvalue weighted by Gasteiger charge is -2.20. The van der Waals surface area contributed by atoms with Crippen LogP contribution < -0.4 is 10.3 Å². The lowest BCUT2D eigenvalue weighted by Crippen LogP contribution is -2.46. The topological polar surface area (TPSA) is 295 Å².